The van der Waals surface area contributed by atoms with Crippen LogP contribution in [-0.4, -0.2) is 5.91 Å². The van der Waals surface area contributed by atoms with Gasteiger partial charge in [-0.1, -0.05) is 52.2 Å². The molecule has 3 rings (SSSR count). The Hall–Kier alpha value is -1.31. The highest BCUT2D eigenvalue weighted by atomic mass is 16.2. The highest BCUT2D eigenvalue weighted by Crippen LogP contribution is 2.42. The van der Waals surface area contributed by atoms with Crippen LogP contribution < -0.4 is 5.32 Å². The van der Waals surface area contributed by atoms with Crippen LogP contribution in [-0.2, 0) is 10.2 Å². The Morgan fingerprint density at radius 3 is 2.58 bits per heavy atom. The molecule has 1 atom stereocenters. The van der Waals surface area contributed by atoms with Gasteiger partial charge in [0.25, 0.3) is 0 Å². The molecule has 2 heteroatoms. The molecule has 1 aliphatic carbocycles. The first-order chi connectivity index (χ1) is 8.95. The number of anilines is 1. The van der Waals surface area contributed by atoms with Gasteiger partial charge in [-0.25, -0.2) is 0 Å². The lowest BCUT2D eigenvalue weighted by Gasteiger charge is -2.27. The van der Waals surface area contributed by atoms with Gasteiger partial charge >= 0.3 is 0 Å². The van der Waals surface area contributed by atoms with Crippen LogP contribution in [0.15, 0.2) is 18.2 Å². The highest BCUT2D eigenvalue weighted by Gasteiger charge is 2.34. The van der Waals surface area contributed by atoms with E-state index in [9.17, 15) is 4.79 Å². The standard InChI is InChI=1S/C17H23NO/c1-17(2,3)12-7-8-15-13(10-12)14(16(19)18-15)9-11-5-4-6-11/h7-8,10-11,14H,4-6,9H2,1-3H3,(H,18,19). The zero-order valence-electron chi connectivity index (χ0n) is 12.1. The number of carbonyl (C=O) groups excluding carboxylic acids is 1. The quantitative estimate of drug-likeness (QED) is 0.844. The van der Waals surface area contributed by atoms with Crippen molar-refractivity contribution in [3.8, 4) is 0 Å². The molecule has 2 aliphatic rings. The van der Waals surface area contributed by atoms with Gasteiger partial charge < -0.3 is 5.32 Å². The van der Waals surface area contributed by atoms with E-state index in [1.54, 1.807) is 0 Å². The highest BCUT2D eigenvalue weighted by molar-refractivity contribution is 6.02. The van der Waals surface area contributed by atoms with Crippen LogP contribution in [0.4, 0.5) is 5.69 Å². The monoisotopic (exact) mass is 257 g/mol. The summed E-state index contributed by atoms with van der Waals surface area (Å²) in [5.41, 5.74) is 3.72. The molecule has 1 N–H and O–H groups in total. The Kier molecular flexibility index (Phi) is 2.92. The van der Waals surface area contributed by atoms with Gasteiger partial charge in [0.15, 0.2) is 0 Å². The zero-order chi connectivity index (χ0) is 13.6. The number of fused-ring (bicyclic) bond motifs is 1. The molecule has 0 spiro atoms. The Balaban J connectivity index is 1.91. The maximum absolute atomic E-state index is 12.2. The van der Waals surface area contributed by atoms with Crippen molar-refractivity contribution in [2.75, 3.05) is 5.32 Å². The fourth-order valence-corrected chi connectivity index (χ4v) is 3.09. The topological polar surface area (TPSA) is 29.1 Å². The summed E-state index contributed by atoms with van der Waals surface area (Å²) in [6.07, 6.45) is 4.98. The molecule has 1 amide bonds. The lowest BCUT2D eigenvalue weighted by atomic mass is 9.76. The van der Waals surface area contributed by atoms with E-state index >= 15 is 0 Å². The maximum atomic E-state index is 12.2. The van der Waals surface area contributed by atoms with E-state index in [1.807, 2.05) is 0 Å². The molecule has 19 heavy (non-hydrogen) atoms. The van der Waals surface area contributed by atoms with Gasteiger partial charge in [0, 0.05) is 5.69 Å². The van der Waals surface area contributed by atoms with Gasteiger partial charge in [-0.3, -0.25) is 4.79 Å². The minimum atomic E-state index is 0.0857. The maximum Gasteiger partial charge on any atom is 0.232 e. The molecule has 0 bridgehead atoms. The van der Waals surface area contributed by atoms with Crippen molar-refractivity contribution in [2.24, 2.45) is 5.92 Å². The Morgan fingerprint density at radius 1 is 1.26 bits per heavy atom. The first-order valence-electron chi connectivity index (χ1n) is 7.40. The minimum Gasteiger partial charge on any atom is -0.325 e. The molecule has 1 unspecified atom stereocenters. The molecule has 1 aliphatic heterocycles. The normalized spacial score (nSPS) is 22.9. The van der Waals surface area contributed by atoms with Crippen LogP contribution in [0.1, 0.15) is 63.5 Å². The first kappa shape index (κ1) is 12.7. The van der Waals surface area contributed by atoms with Crippen LogP contribution in [0.5, 0.6) is 0 Å². The molecule has 1 fully saturated rings. The Labute approximate surface area is 115 Å². The van der Waals surface area contributed by atoms with Crippen LogP contribution >= 0.6 is 0 Å². The summed E-state index contributed by atoms with van der Waals surface area (Å²) in [4.78, 5) is 12.2. The average Bonchev–Trinajstić information content (AvgIpc) is 2.57. The molecule has 1 heterocycles. The van der Waals surface area contributed by atoms with Gasteiger partial charge in [-0.05, 0) is 34.9 Å². The van der Waals surface area contributed by atoms with Crippen LogP contribution in [0.25, 0.3) is 0 Å². The fourth-order valence-electron chi connectivity index (χ4n) is 3.09. The van der Waals surface area contributed by atoms with Crippen molar-refractivity contribution >= 4 is 11.6 Å². The molecule has 1 saturated carbocycles. The summed E-state index contributed by atoms with van der Waals surface area (Å²) in [5, 5.41) is 3.04. The predicted octanol–water partition coefficient (Wildman–Crippen LogP) is 4.21. The number of amides is 1. The second-order valence-corrected chi connectivity index (χ2v) is 7.13. The third-order valence-electron chi connectivity index (χ3n) is 4.66. The molecule has 0 radical (unpaired) electrons. The van der Waals surface area contributed by atoms with Crippen molar-refractivity contribution in [1.29, 1.82) is 0 Å². The zero-order valence-corrected chi connectivity index (χ0v) is 12.1. The molecule has 0 aromatic heterocycles. The first-order valence-corrected chi connectivity index (χ1v) is 7.40. The van der Waals surface area contributed by atoms with Gasteiger partial charge in [0.1, 0.15) is 0 Å². The third-order valence-corrected chi connectivity index (χ3v) is 4.66. The fraction of sp³-hybridized carbons (Fsp3) is 0.588. The molecule has 2 nitrogen and oxygen atoms in total. The minimum absolute atomic E-state index is 0.0857. The van der Waals surface area contributed by atoms with Crippen molar-refractivity contribution in [3.63, 3.8) is 0 Å². The van der Waals surface area contributed by atoms with E-state index in [0.717, 1.165) is 18.0 Å². The van der Waals surface area contributed by atoms with Crippen molar-refractivity contribution in [2.45, 2.75) is 57.8 Å². The van der Waals surface area contributed by atoms with E-state index in [0.29, 0.717) is 0 Å². The van der Waals surface area contributed by atoms with Gasteiger partial charge in [0.05, 0.1) is 5.92 Å². The molecular formula is C17H23NO. The summed E-state index contributed by atoms with van der Waals surface area (Å²) >= 11 is 0. The average molecular weight is 257 g/mol. The Morgan fingerprint density at radius 2 is 2.00 bits per heavy atom. The number of benzene rings is 1. The van der Waals surface area contributed by atoms with E-state index in [2.05, 4.69) is 44.3 Å². The summed E-state index contributed by atoms with van der Waals surface area (Å²) in [5.74, 6) is 1.05. The summed E-state index contributed by atoms with van der Waals surface area (Å²) in [7, 11) is 0. The molecular weight excluding hydrogens is 234 g/mol. The SMILES string of the molecule is CC(C)(C)c1ccc2c(c1)C(CC1CCC1)C(=O)N2. The largest absolute Gasteiger partial charge is 0.325 e. The lowest BCUT2D eigenvalue weighted by Crippen LogP contribution is -2.20. The van der Waals surface area contributed by atoms with Crippen LogP contribution in [0.3, 0.4) is 0 Å². The van der Waals surface area contributed by atoms with E-state index in [4.69, 9.17) is 0 Å². The van der Waals surface area contributed by atoms with Gasteiger partial charge in [0.2, 0.25) is 5.91 Å². The summed E-state index contributed by atoms with van der Waals surface area (Å²) in [6, 6.07) is 6.47. The van der Waals surface area contributed by atoms with Crippen LogP contribution in [0.2, 0.25) is 0 Å². The number of rotatable bonds is 2. The number of hydrogen-bond acceptors (Lipinski definition) is 1. The second-order valence-electron chi connectivity index (χ2n) is 7.13. The smallest absolute Gasteiger partial charge is 0.232 e. The van der Waals surface area contributed by atoms with Gasteiger partial charge in [-0.2, -0.15) is 0 Å². The van der Waals surface area contributed by atoms with E-state index in [-0.39, 0.29) is 17.2 Å². The lowest BCUT2D eigenvalue weighted by molar-refractivity contribution is -0.117. The second kappa shape index (κ2) is 4.36. The van der Waals surface area contributed by atoms with Crippen molar-refractivity contribution in [1.82, 2.24) is 0 Å². The summed E-state index contributed by atoms with van der Waals surface area (Å²) in [6.45, 7) is 6.67. The number of nitrogens with one attached hydrogen (secondary N) is 1. The summed E-state index contributed by atoms with van der Waals surface area (Å²) < 4.78 is 0. The Bertz CT molecular complexity index is 508. The van der Waals surface area contributed by atoms with Crippen molar-refractivity contribution in [3.05, 3.63) is 29.3 Å². The molecule has 0 saturated heterocycles. The predicted molar refractivity (Wildman–Crippen MR) is 78.5 cm³/mol. The van der Waals surface area contributed by atoms with Crippen molar-refractivity contribution < 1.29 is 4.79 Å². The molecule has 1 aromatic carbocycles. The molecule has 1 aromatic rings. The number of carbonyl (C=O) groups is 1. The molecule has 102 valence electrons. The third kappa shape index (κ3) is 2.29. The van der Waals surface area contributed by atoms with E-state index in [1.165, 1.54) is 30.4 Å². The van der Waals surface area contributed by atoms with E-state index < -0.39 is 0 Å². The number of hydrogen-bond donors (Lipinski definition) is 1. The van der Waals surface area contributed by atoms with Gasteiger partial charge in [-0.15, -0.1) is 0 Å². The van der Waals surface area contributed by atoms with Crippen LogP contribution in [0, 0.1) is 5.92 Å².